The molecule has 1 aliphatic heterocycles. The minimum absolute atomic E-state index is 0.0963. The third kappa shape index (κ3) is 3.35. The van der Waals surface area contributed by atoms with E-state index in [9.17, 15) is 9.59 Å². The van der Waals surface area contributed by atoms with E-state index in [2.05, 4.69) is 5.32 Å². The minimum Gasteiger partial charge on any atom is -0.480 e. The summed E-state index contributed by atoms with van der Waals surface area (Å²) in [5.41, 5.74) is 2.63. The number of nitrogens with one attached hydrogen (secondary N) is 1. The fourth-order valence-electron chi connectivity index (χ4n) is 2.66. The van der Waals surface area contributed by atoms with E-state index in [0.717, 1.165) is 37.1 Å². The lowest BCUT2D eigenvalue weighted by Gasteiger charge is -2.29. The number of hydrogen-bond donors (Lipinski definition) is 2. The highest BCUT2D eigenvalue weighted by molar-refractivity contribution is 5.98. The first-order valence-electron chi connectivity index (χ1n) is 7.43. The summed E-state index contributed by atoms with van der Waals surface area (Å²) >= 11 is 0. The Labute approximate surface area is 125 Å². The molecule has 0 radical (unpaired) electrons. The number of anilines is 1. The van der Waals surface area contributed by atoms with Crippen molar-refractivity contribution >= 4 is 17.6 Å². The maximum absolute atomic E-state index is 12.8. The molecule has 0 bridgehead atoms. The van der Waals surface area contributed by atoms with Crippen molar-refractivity contribution in [1.29, 1.82) is 0 Å². The summed E-state index contributed by atoms with van der Waals surface area (Å²) in [4.78, 5) is 25.3. The Kier molecular flexibility index (Phi) is 4.83. The van der Waals surface area contributed by atoms with Crippen LogP contribution in [0.1, 0.15) is 42.6 Å². The number of rotatable bonds is 5. The molecule has 2 rings (SSSR count). The minimum atomic E-state index is -0.980. The molecule has 1 heterocycles. The zero-order valence-corrected chi connectivity index (χ0v) is 12.6. The molecule has 5 heteroatoms. The highest BCUT2D eigenvalue weighted by atomic mass is 16.4. The smallest absolute Gasteiger partial charge is 0.323 e. The first-order valence-corrected chi connectivity index (χ1v) is 7.43. The summed E-state index contributed by atoms with van der Waals surface area (Å²) in [6, 6.07) is 5.52. The first kappa shape index (κ1) is 15.4. The van der Waals surface area contributed by atoms with E-state index < -0.39 is 5.97 Å². The third-order valence-electron chi connectivity index (χ3n) is 4.01. The zero-order chi connectivity index (χ0) is 15.4. The molecule has 2 N–H and O–H groups in total. The zero-order valence-electron chi connectivity index (χ0n) is 12.6. The van der Waals surface area contributed by atoms with Gasteiger partial charge in [0.05, 0.1) is 0 Å². The molecule has 0 fully saturated rings. The molecule has 1 unspecified atom stereocenters. The molecule has 5 nitrogen and oxygen atoms in total. The Morgan fingerprint density at radius 2 is 2.19 bits per heavy atom. The molecule has 114 valence electrons. The monoisotopic (exact) mass is 290 g/mol. The third-order valence-corrected chi connectivity index (χ3v) is 4.01. The van der Waals surface area contributed by atoms with Gasteiger partial charge >= 0.3 is 5.97 Å². The second-order valence-electron chi connectivity index (χ2n) is 5.45. The maximum Gasteiger partial charge on any atom is 0.323 e. The maximum atomic E-state index is 12.8. The van der Waals surface area contributed by atoms with Gasteiger partial charge in [0.15, 0.2) is 0 Å². The Hall–Kier alpha value is -2.04. The fraction of sp³-hybridized carbons (Fsp3) is 0.500. The van der Waals surface area contributed by atoms with Crippen LogP contribution in [0.25, 0.3) is 0 Å². The molecular formula is C16H22N2O3. The number of carboxylic acid groups (broad SMARTS) is 1. The summed E-state index contributed by atoms with van der Waals surface area (Å²) in [6.07, 6.45) is 2.57. The van der Waals surface area contributed by atoms with E-state index in [0.29, 0.717) is 5.56 Å². The Morgan fingerprint density at radius 1 is 1.43 bits per heavy atom. The highest BCUT2D eigenvalue weighted by Crippen LogP contribution is 2.26. The molecule has 0 saturated carbocycles. The van der Waals surface area contributed by atoms with E-state index in [-0.39, 0.29) is 18.5 Å². The largest absolute Gasteiger partial charge is 0.480 e. The SMILES string of the molecule is CCC(C)N(CC(=O)O)C(=O)c1cccc2c1CCCN2. The van der Waals surface area contributed by atoms with Crippen molar-refractivity contribution in [3.05, 3.63) is 29.3 Å². The fourth-order valence-corrected chi connectivity index (χ4v) is 2.66. The molecule has 0 aromatic heterocycles. The van der Waals surface area contributed by atoms with Gasteiger partial charge in [-0.05, 0) is 43.9 Å². The van der Waals surface area contributed by atoms with Crippen molar-refractivity contribution in [2.45, 2.75) is 39.2 Å². The first-order chi connectivity index (χ1) is 10.0. The van der Waals surface area contributed by atoms with Crippen LogP contribution < -0.4 is 5.32 Å². The average Bonchev–Trinajstić information content (AvgIpc) is 2.50. The second kappa shape index (κ2) is 6.61. The molecular weight excluding hydrogens is 268 g/mol. The molecule has 1 atom stereocenters. The number of aliphatic carboxylic acids is 1. The van der Waals surface area contributed by atoms with Gasteiger partial charge in [-0.1, -0.05) is 13.0 Å². The van der Waals surface area contributed by atoms with Gasteiger partial charge in [-0.25, -0.2) is 0 Å². The number of nitrogens with zero attached hydrogens (tertiary/aromatic N) is 1. The van der Waals surface area contributed by atoms with Crippen LogP contribution in [0.5, 0.6) is 0 Å². The molecule has 1 aromatic carbocycles. The van der Waals surface area contributed by atoms with Gasteiger partial charge in [0.2, 0.25) is 0 Å². The summed E-state index contributed by atoms with van der Waals surface area (Å²) < 4.78 is 0. The van der Waals surface area contributed by atoms with E-state index in [4.69, 9.17) is 5.11 Å². The lowest BCUT2D eigenvalue weighted by atomic mass is 9.96. The topological polar surface area (TPSA) is 69.6 Å². The number of carbonyl (C=O) groups excluding carboxylic acids is 1. The van der Waals surface area contributed by atoms with Gasteiger partial charge in [-0.2, -0.15) is 0 Å². The van der Waals surface area contributed by atoms with Crippen molar-refractivity contribution in [2.24, 2.45) is 0 Å². The summed E-state index contributed by atoms with van der Waals surface area (Å²) in [7, 11) is 0. The van der Waals surface area contributed by atoms with Crippen LogP contribution in [-0.4, -0.2) is 41.0 Å². The summed E-state index contributed by atoms with van der Waals surface area (Å²) in [6.45, 7) is 4.49. The van der Waals surface area contributed by atoms with Crippen molar-refractivity contribution in [3.63, 3.8) is 0 Å². The van der Waals surface area contributed by atoms with Crippen LogP contribution in [0.4, 0.5) is 5.69 Å². The predicted octanol–water partition coefficient (Wildman–Crippen LogP) is 2.37. The van der Waals surface area contributed by atoms with E-state index in [1.807, 2.05) is 26.0 Å². The predicted molar refractivity (Wildman–Crippen MR) is 81.7 cm³/mol. The highest BCUT2D eigenvalue weighted by Gasteiger charge is 2.26. The van der Waals surface area contributed by atoms with Gasteiger partial charge < -0.3 is 15.3 Å². The number of amides is 1. The van der Waals surface area contributed by atoms with Crippen LogP contribution in [0, 0.1) is 0 Å². The number of carboxylic acids is 1. The van der Waals surface area contributed by atoms with Crippen LogP contribution in [0.15, 0.2) is 18.2 Å². The van der Waals surface area contributed by atoms with Crippen LogP contribution in [0.2, 0.25) is 0 Å². The molecule has 0 saturated heterocycles. The number of fused-ring (bicyclic) bond motifs is 1. The van der Waals surface area contributed by atoms with E-state index in [1.165, 1.54) is 4.90 Å². The van der Waals surface area contributed by atoms with E-state index in [1.54, 1.807) is 6.07 Å². The number of carbonyl (C=O) groups is 2. The Balaban J connectivity index is 2.34. The van der Waals surface area contributed by atoms with Crippen LogP contribution >= 0.6 is 0 Å². The van der Waals surface area contributed by atoms with Crippen molar-refractivity contribution < 1.29 is 14.7 Å². The molecule has 1 aromatic rings. The molecule has 21 heavy (non-hydrogen) atoms. The lowest BCUT2D eigenvalue weighted by molar-refractivity contribution is -0.138. The molecule has 0 aliphatic carbocycles. The van der Waals surface area contributed by atoms with Crippen LogP contribution in [0.3, 0.4) is 0 Å². The van der Waals surface area contributed by atoms with E-state index >= 15 is 0 Å². The van der Waals surface area contributed by atoms with Crippen molar-refractivity contribution in [2.75, 3.05) is 18.4 Å². The molecule has 0 spiro atoms. The van der Waals surface area contributed by atoms with Gasteiger partial charge in [-0.3, -0.25) is 9.59 Å². The summed E-state index contributed by atoms with van der Waals surface area (Å²) in [5.74, 6) is -1.17. The molecule has 1 aliphatic rings. The second-order valence-corrected chi connectivity index (χ2v) is 5.45. The van der Waals surface area contributed by atoms with Crippen molar-refractivity contribution in [3.8, 4) is 0 Å². The van der Waals surface area contributed by atoms with Gasteiger partial charge in [0, 0.05) is 23.8 Å². The summed E-state index contributed by atoms with van der Waals surface area (Å²) in [5, 5.41) is 12.4. The number of benzene rings is 1. The van der Waals surface area contributed by atoms with Gasteiger partial charge in [0.25, 0.3) is 5.91 Å². The normalized spacial score (nSPS) is 14.8. The Bertz CT molecular complexity index is 542. The Morgan fingerprint density at radius 3 is 2.86 bits per heavy atom. The van der Waals surface area contributed by atoms with Gasteiger partial charge in [-0.15, -0.1) is 0 Å². The van der Waals surface area contributed by atoms with Gasteiger partial charge in [0.1, 0.15) is 6.54 Å². The molecule has 1 amide bonds. The lowest BCUT2D eigenvalue weighted by Crippen LogP contribution is -2.42. The standard InChI is InChI=1S/C16H22N2O3/c1-3-11(2)18(10-15(19)20)16(21)13-6-4-8-14-12(13)7-5-9-17-14/h4,6,8,11,17H,3,5,7,9-10H2,1-2H3,(H,19,20). The quantitative estimate of drug-likeness (QED) is 0.873. The van der Waals surface area contributed by atoms with Crippen molar-refractivity contribution in [1.82, 2.24) is 4.90 Å². The van der Waals surface area contributed by atoms with Crippen LogP contribution in [-0.2, 0) is 11.2 Å². The number of hydrogen-bond acceptors (Lipinski definition) is 3. The average molecular weight is 290 g/mol.